The van der Waals surface area contributed by atoms with Gasteiger partial charge in [-0.3, -0.25) is 4.98 Å². The Morgan fingerprint density at radius 2 is 2.27 bits per heavy atom. The Kier molecular flexibility index (Phi) is 2.99. The van der Waals surface area contributed by atoms with Gasteiger partial charge in [0.2, 0.25) is 0 Å². The van der Waals surface area contributed by atoms with Crippen molar-refractivity contribution in [2.45, 2.75) is 6.42 Å². The predicted molar refractivity (Wildman–Crippen MR) is 57.6 cm³/mol. The third-order valence-corrected chi connectivity index (χ3v) is 2.24. The molecule has 0 fully saturated rings. The highest BCUT2D eigenvalue weighted by molar-refractivity contribution is 6.31. The van der Waals surface area contributed by atoms with Gasteiger partial charge in [-0.25, -0.2) is 4.98 Å². The molecule has 0 aromatic carbocycles. The van der Waals surface area contributed by atoms with Crippen LogP contribution in [-0.4, -0.2) is 26.7 Å². The Morgan fingerprint density at radius 3 is 2.93 bits per heavy atom. The highest BCUT2D eigenvalue weighted by Crippen LogP contribution is 2.23. The number of hydrogen-bond acceptors (Lipinski definition) is 3. The molecule has 0 unspecified atom stereocenters. The molecular weight excluding hydrogens is 214 g/mol. The quantitative estimate of drug-likeness (QED) is 0.832. The van der Waals surface area contributed by atoms with E-state index >= 15 is 0 Å². The highest BCUT2D eigenvalue weighted by atomic mass is 35.5. The molecule has 78 valence electrons. The Labute approximate surface area is 92.0 Å². The molecule has 2 rings (SSSR count). The van der Waals surface area contributed by atoms with Crippen LogP contribution >= 0.6 is 11.6 Å². The number of nitrogens with zero attached hydrogens (tertiary/aromatic N) is 2. The van der Waals surface area contributed by atoms with E-state index < -0.39 is 0 Å². The van der Waals surface area contributed by atoms with Crippen LogP contribution in [0, 0.1) is 0 Å². The van der Waals surface area contributed by atoms with Crippen LogP contribution < -0.4 is 0 Å². The van der Waals surface area contributed by atoms with Gasteiger partial charge in [-0.2, -0.15) is 0 Å². The fourth-order valence-electron chi connectivity index (χ4n) is 1.29. The monoisotopic (exact) mass is 223 g/mol. The van der Waals surface area contributed by atoms with Gasteiger partial charge in [0.25, 0.3) is 0 Å². The van der Waals surface area contributed by atoms with E-state index in [1.54, 1.807) is 6.20 Å². The molecule has 0 atom stereocenters. The summed E-state index contributed by atoms with van der Waals surface area (Å²) < 4.78 is 0. The Bertz CT molecular complexity index is 441. The molecular formula is C10H10ClN3O. The summed E-state index contributed by atoms with van der Waals surface area (Å²) in [5.41, 5.74) is 1.35. The number of rotatable bonds is 3. The fraction of sp³-hybridized carbons (Fsp3) is 0.200. The largest absolute Gasteiger partial charge is 0.396 e. The summed E-state index contributed by atoms with van der Waals surface area (Å²) in [5, 5.41) is 9.23. The molecule has 0 spiro atoms. The number of aliphatic hydroxyl groups is 1. The first kappa shape index (κ1) is 10.1. The lowest BCUT2D eigenvalue weighted by atomic mass is 10.3. The number of hydrogen-bond donors (Lipinski definition) is 2. The van der Waals surface area contributed by atoms with Gasteiger partial charge in [-0.15, -0.1) is 0 Å². The van der Waals surface area contributed by atoms with Crippen LogP contribution in [0.1, 0.15) is 5.82 Å². The topological polar surface area (TPSA) is 61.8 Å². The van der Waals surface area contributed by atoms with Crippen molar-refractivity contribution in [2.24, 2.45) is 0 Å². The first-order chi connectivity index (χ1) is 7.31. The van der Waals surface area contributed by atoms with Gasteiger partial charge in [-0.05, 0) is 12.1 Å². The molecule has 0 radical (unpaired) electrons. The minimum absolute atomic E-state index is 0.0471. The van der Waals surface area contributed by atoms with Gasteiger partial charge in [0.1, 0.15) is 16.7 Å². The predicted octanol–water partition coefficient (Wildman–Crippen LogP) is 1.66. The molecule has 4 nitrogen and oxygen atoms in total. The van der Waals surface area contributed by atoms with Crippen LogP contribution in [0.25, 0.3) is 11.4 Å². The zero-order valence-corrected chi connectivity index (χ0v) is 8.70. The standard InChI is InChI=1S/C10H10ClN3O/c11-10-9(7-3-1-2-5-12-7)13-8(14-10)4-6-15/h1-3,5,15H,4,6H2,(H,13,14). The van der Waals surface area contributed by atoms with Crippen LogP contribution in [0.5, 0.6) is 0 Å². The Balaban J connectivity index is 2.36. The summed E-state index contributed by atoms with van der Waals surface area (Å²) in [4.78, 5) is 11.3. The maximum atomic E-state index is 8.77. The molecule has 0 aliphatic carbocycles. The zero-order chi connectivity index (χ0) is 10.7. The molecule has 0 saturated carbocycles. The molecule has 0 saturated heterocycles. The van der Waals surface area contributed by atoms with E-state index in [0.29, 0.717) is 23.1 Å². The van der Waals surface area contributed by atoms with Crippen LogP contribution in [0.3, 0.4) is 0 Å². The van der Waals surface area contributed by atoms with E-state index in [4.69, 9.17) is 16.7 Å². The lowest BCUT2D eigenvalue weighted by Crippen LogP contribution is -1.92. The number of H-pyrrole nitrogens is 1. The second kappa shape index (κ2) is 4.42. The maximum absolute atomic E-state index is 8.77. The average Bonchev–Trinajstić information content (AvgIpc) is 2.61. The maximum Gasteiger partial charge on any atom is 0.135 e. The molecule has 5 heteroatoms. The van der Waals surface area contributed by atoms with Crippen molar-refractivity contribution in [1.29, 1.82) is 0 Å². The van der Waals surface area contributed by atoms with Crippen molar-refractivity contribution < 1.29 is 5.11 Å². The summed E-state index contributed by atoms with van der Waals surface area (Å²) in [6.45, 7) is 0.0471. The number of aliphatic hydroxyl groups excluding tert-OH is 1. The van der Waals surface area contributed by atoms with Crippen LogP contribution in [0.2, 0.25) is 5.15 Å². The zero-order valence-electron chi connectivity index (χ0n) is 7.94. The second-order valence-electron chi connectivity index (χ2n) is 3.03. The van der Waals surface area contributed by atoms with Crippen molar-refractivity contribution >= 4 is 11.6 Å². The number of pyridine rings is 1. The Morgan fingerprint density at radius 1 is 1.40 bits per heavy atom. The van der Waals surface area contributed by atoms with Crippen LogP contribution in [-0.2, 0) is 6.42 Å². The van der Waals surface area contributed by atoms with Gasteiger partial charge in [0.15, 0.2) is 0 Å². The van der Waals surface area contributed by atoms with E-state index in [1.807, 2.05) is 18.2 Å². The number of aromatic amines is 1. The van der Waals surface area contributed by atoms with E-state index in [2.05, 4.69) is 15.0 Å². The molecule has 0 bridgehead atoms. The fourth-order valence-corrected chi connectivity index (χ4v) is 1.54. The normalized spacial score (nSPS) is 10.5. The lowest BCUT2D eigenvalue weighted by Gasteiger charge is -1.94. The van der Waals surface area contributed by atoms with E-state index in [9.17, 15) is 0 Å². The van der Waals surface area contributed by atoms with Crippen molar-refractivity contribution in [3.8, 4) is 11.4 Å². The van der Waals surface area contributed by atoms with Crippen molar-refractivity contribution in [3.05, 3.63) is 35.4 Å². The Hall–Kier alpha value is -1.39. The molecule has 2 N–H and O–H groups in total. The molecule has 2 aromatic rings. The van der Waals surface area contributed by atoms with E-state index in [0.717, 1.165) is 5.69 Å². The van der Waals surface area contributed by atoms with E-state index in [1.165, 1.54) is 0 Å². The van der Waals surface area contributed by atoms with E-state index in [-0.39, 0.29) is 6.61 Å². The number of imidazole rings is 1. The van der Waals surface area contributed by atoms with Crippen molar-refractivity contribution in [2.75, 3.05) is 6.61 Å². The minimum atomic E-state index is 0.0471. The SMILES string of the molecule is OCCc1nc(-c2ccccn2)c(Cl)[nH]1. The molecule has 0 aliphatic heterocycles. The van der Waals surface area contributed by atoms with Crippen molar-refractivity contribution in [3.63, 3.8) is 0 Å². The summed E-state index contributed by atoms with van der Waals surface area (Å²) in [6.07, 6.45) is 2.15. The van der Waals surface area contributed by atoms with Crippen LogP contribution in [0.15, 0.2) is 24.4 Å². The summed E-state index contributed by atoms with van der Waals surface area (Å²) in [7, 11) is 0. The summed E-state index contributed by atoms with van der Waals surface area (Å²) in [5.74, 6) is 0.670. The third kappa shape index (κ3) is 2.16. The molecule has 0 aliphatic rings. The van der Waals surface area contributed by atoms with Gasteiger partial charge in [0, 0.05) is 12.6 Å². The third-order valence-electron chi connectivity index (χ3n) is 1.96. The van der Waals surface area contributed by atoms with Gasteiger partial charge >= 0.3 is 0 Å². The molecule has 2 heterocycles. The molecule has 15 heavy (non-hydrogen) atoms. The number of halogens is 1. The number of aromatic nitrogens is 3. The minimum Gasteiger partial charge on any atom is -0.396 e. The first-order valence-electron chi connectivity index (χ1n) is 4.58. The smallest absolute Gasteiger partial charge is 0.135 e. The first-order valence-corrected chi connectivity index (χ1v) is 4.95. The van der Waals surface area contributed by atoms with Gasteiger partial charge < -0.3 is 10.1 Å². The average molecular weight is 224 g/mol. The molecule has 2 aromatic heterocycles. The summed E-state index contributed by atoms with van der Waals surface area (Å²) >= 11 is 5.98. The molecule has 0 amide bonds. The van der Waals surface area contributed by atoms with Crippen molar-refractivity contribution in [1.82, 2.24) is 15.0 Å². The highest BCUT2D eigenvalue weighted by Gasteiger charge is 2.10. The number of nitrogens with one attached hydrogen (secondary N) is 1. The lowest BCUT2D eigenvalue weighted by molar-refractivity contribution is 0.297. The van der Waals surface area contributed by atoms with Crippen LogP contribution in [0.4, 0.5) is 0 Å². The van der Waals surface area contributed by atoms with Gasteiger partial charge in [-0.1, -0.05) is 17.7 Å². The van der Waals surface area contributed by atoms with Gasteiger partial charge in [0.05, 0.1) is 12.3 Å². The second-order valence-corrected chi connectivity index (χ2v) is 3.41. The summed E-state index contributed by atoms with van der Waals surface area (Å²) in [6, 6.07) is 5.54.